The van der Waals surface area contributed by atoms with E-state index in [9.17, 15) is 4.39 Å². The minimum atomic E-state index is -0.656. The average Bonchev–Trinajstić information content (AvgIpc) is 2.47. The smallest absolute Gasteiger partial charge is 0.318 e. The lowest BCUT2D eigenvalue weighted by molar-refractivity contribution is 0.134. The molecule has 1 aromatic carbocycles. The predicted molar refractivity (Wildman–Crippen MR) is 72.5 cm³/mol. The van der Waals surface area contributed by atoms with Crippen LogP contribution in [0.3, 0.4) is 0 Å². The van der Waals surface area contributed by atoms with Gasteiger partial charge in [0.1, 0.15) is 6.61 Å². The molecule has 0 amide bonds. The summed E-state index contributed by atoms with van der Waals surface area (Å²) in [4.78, 5) is 7.42. The van der Waals surface area contributed by atoms with Crippen molar-refractivity contribution in [3.05, 3.63) is 47.4 Å². The normalized spacial score (nSPS) is 10.5. The molecule has 1 heterocycles. The largest absolute Gasteiger partial charge is 0.459 e. The van der Waals surface area contributed by atoms with Crippen molar-refractivity contribution in [2.24, 2.45) is 0 Å². The zero-order valence-corrected chi connectivity index (χ0v) is 11.2. The summed E-state index contributed by atoms with van der Waals surface area (Å²) in [6.07, 6.45) is 0.989. The van der Waals surface area contributed by atoms with Gasteiger partial charge < -0.3 is 15.2 Å². The zero-order chi connectivity index (χ0) is 14.4. The third-order valence-corrected chi connectivity index (χ3v) is 2.58. The van der Waals surface area contributed by atoms with Crippen LogP contribution in [0.4, 0.5) is 10.2 Å². The van der Waals surface area contributed by atoms with Crippen LogP contribution in [0, 0.1) is 5.82 Å². The molecule has 0 spiro atoms. The molecule has 1 aromatic heterocycles. The van der Waals surface area contributed by atoms with E-state index in [0.717, 1.165) is 17.3 Å². The second kappa shape index (κ2) is 6.81. The number of nitrogen functional groups attached to an aromatic ring is 1. The Kier molecular flexibility index (Phi) is 4.84. The third-order valence-electron chi connectivity index (χ3n) is 2.58. The lowest BCUT2D eigenvalue weighted by Crippen LogP contribution is -2.03. The van der Waals surface area contributed by atoms with Crippen LogP contribution >= 0.6 is 0 Å². The van der Waals surface area contributed by atoms with Gasteiger partial charge in [-0.15, -0.1) is 0 Å². The molecule has 0 bridgehead atoms. The standard InChI is InChI=1S/C14H16FN3O2/c1-2-19-8-10-4-3-5-11(6-10)9-20-14-17-7-12(15)13(16)18-14/h3-7H,2,8-9H2,1H3,(H2,16,17,18). The molecule has 20 heavy (non-hydrogen) atoms. The molecule has 2 rings (SSSR count). The molecule has 0 radical (unpaired) electrons. The molecular formula is C14H16FN3O2. The van der Waals surface area contributed by atoms with Crippen LogP contribution < -0.4 is 10.5 Å². The first-order chi connectivity index (χ1) is 9.69. The molecule has 2 aromatic rings. The van der Waals surface area contributed by atoms with Gasteiger partial charge in [0, 0.05) is 6.61 Å². The van der Waals surface area contributed by atoms with E-state index in [0.29, 0.717) is 13.2 Å². The summed E-state index contributed by atoms with van der Waals surface area (Å²) < 4.78 is 23.6. The number of hydrogen-bond donors (Lipinski definition) is 1. The Hall–Kier alpha value is -2.21. The number of nitrogens with two attached hydrogens (primary N) is 1. The second-order valence-electron chi connectivity index (χ2n) is 4.13. The number of aromatic nitrogens is 2. The highest BCUT2D eigenvalue weighted by Crippen LogP contribution is 2.12. The first kappa shape index (κ1) is 14.2. The molecule has 0 atom stereocenters. The van der Waals surface area contributed by atoms with E-state index in [1.54, 1.807) is 0 Å². The van der Waals surface area contributed by atoms with Gasteiger partial charge in [-0.05, 0) is 18.1 Å². The van der Waals surface area contributed by atoms with Crippen LogP contribution in [0.2, 0.25) is 0 Å². The van der Waals surface area contributed by atoms with Crippen LogP contribution in [0.1, 0.15) is 18.1 Å². The highest BCUT2D eigenvalue weighted by Gasteiger charge is 2.04. The fourth-order valence-electron chi connectivity index (χ4n) is 1.61. The molecule has 0 fully saturated rings. The molecule has 6 heteroatoms. The van der Waals surface area contributed by atoms with E-state index in [4.69, 9.17) is 15.2 Å². The topological polar surface area (TPSA) is 70.3 Å². The van der Waals surface area contributed by atoms with Gasteiger partial charge in [-0.25, -0.2) is 9.37 Å². The van der Waals surface area contributed by atoms with Gasteiger partial charge in [-0.1, -0.05) is 24.3 Å². The summed E-state index contributed by atoms with van der Waals surface area (Å²) in [6, 6.07) is 7.85. The van der Waals surface area contributed by atoms with Crippen LogP contribution in [-0.2, 0) is 18.0 Å². The van der Waals surface area contributed by atoms with Crippen molar-refractivity contribution in [2.45, 2.75) is 20.1 Å². The molecule has 5 nitrogen and oxygen atoms in total. The van der Waals surface area contributed by atoms with Gasteiger partial charge in [0.05, 0.1) is 12.8 Å². The molecule has 0 aliphatic carbocycles. The van der Waals surface area contributed by atoms with E-state index in [1.807, 2.05) is 31.2 Å². The summed E-state index contributed by atoms with van der Waals surface area (Å²) in [7, 11) is 0. The van der Waals surface area contributed by atoms with Gasteiger partial charge in [-0.3, -0.25) is 0 Å². The van der Waals surface area contributed by atoms with E-state index >= 15 is 0 Å². The molecule has 106 valence electrons. The minimum Gasteiger partial charge on any atom is -0.459 e. The molecular weight excluding hydrogens is 261 g/mol. The van der Waals surface area contributed by atoms with Gasteiger partial charge in [-0.2, -0.15) is 4.98 Å². The lowest BCUT2D eigenvalue weighted by Gasteiger charge is -2.07. The van der Waals surface area contributed by atoms with Gasteiger partial charge in [0.15, 0.2) is 11.6 Å². The number of ether oxygens (including phenoxy) is 2. The number of nitrogens with zero attached hydrogens (tertiary/aromatic N) is 2. The zero-order valence-electron chi connectivity index (χ0n) is 11.2. The summed E-state index contributed by atoms with van der Waals surface area (Å²) >= 11 is 0. The van der Waals surface area contributed by atoms with Crippen LogP contribution in [0.5, 0.6) is 6.01 Å². The Bertz CT molecular complexity index is 578. The summed E-state index contributed by atoms with van der Waals surface area (Å²) in [6.45, 7) is 3.46. The highest BCUT2D eigenvalue weighted by molar-refractivity contribution is 5.29. The number of halogens is 1. The van der Waals surface area contributed by atoms with Crippen LogP contribution in [-0.4, -0.2) is 16.6 Å². The molecule has 0 saturated carbocycles. The molecule has 2 N–H and O–H groups in total. The maximum Gasteiger partial charge on any atom is 0.318 e. The summed E-state index contributed by atoms with van der Waals surface area (Å²) in [5.41, 5.74) is 7.36. The second-order valence-corrected chi connectivity index (χ2v) is 4.13. The summed E-state index contributed by atoms with van der Waals surface area (Å²) in [5.74, 6) is -0.879. The predicted octanol–water partition coefficient (Wildman–Crippen LogP) is 2.31. The number of hydrogen-bond acceptors (Lipinski definition) is 5. The monoisotopic (exact) mass is 277 g/mol. The van der Waals surface area contributed by atoms with Crippen molar-refractivity contribution >= 4 is 5.82 Å². The van der Waals surface area contributed by atoms with Crippen molar-refractivity contribution in [1.82, 2.24) is 9.97 Å². The third kappa shape index (κ3) is 3.89. The van der Waals surface area contributed by atoms with E-state index in [2.05, 4.69) is 9.97 Å². The van der Waals surface area contributed by atoms with Crippen molar-refractivity contribution in [1.29, 1.82) is 0 Å². The van der Waals surface area contributed by atoms with Gasteiger partial charge in [0.25, 0.3) is 0 Å². The lowest BCUT2D eigenvalue weighted by atomic mass is 10.1. The fourth-order valence-corrected chi connectivity index (χ4v) is 1.61. The maximum absolute atomic E-state index is 12.9. The van der Waals surface area contributed by atoms with Crippen LogP contribution in [0.15, 0.2) is 30.5 Å². The Labute approximate surface area is 116 Å². The number of benzene rings is 1. The molecule has 0 aliphatic heterocycles. The molecule has 0 unspecified atom stereocenters. The molecule has 0 aliphatic rings. The van der Waals surface area contributed by atoms with Crippen molar-refractivity contribution in [3.63, 3.8) is 0 Å². The van der Waals surface area contributed by atoms with E-state index in [-0.39, 0.29) is 18.4 Å². The number of rotatable bonds is 6. The van der Waals surface area contributed by atoms with Gasteiger partial charge >= 0.3 is 6.01 Å². The van der Waals surface area contributed by atoms with Crippen molar-refractivity contribution < 1.29 is 13.9 Å². The Morgan fingerprint density at radius 1 is 1.25 bits per heavy atom. The summed E-state index contributed by atoms with van der Waals surface area (Å²) in [5, 5.41) is 0. The van der Waals surface area contributed by atoms with E-state index < -0.39 is 5.82 Å². The SMILES string of the molecule is CCOCc1cccc(COc2ncc(F)c(N)n2)c1. The first-order valence-electron chi connectivity index (χ1n) is 6.25. The van der Waals surface area contributed by atoms with Gasteiger partial charge in [0.2, 0.25) is 0 Å². The van der Waals surface area contributed by atoms with Crippen LogP contribution in [0.25, 0.3) is 0 Å². The Balaban J connectivity index is 1.97. The maximum atomic E-state index is 12.9. The Morgan fingerprint density at radius 2 is 2.00 bits per heavy atom. The average molecular weight is 277 g/mol. The first-order valence-corrected chi connectivity index (χ1v) is 6.25. The fraction of sp³-hybridized carbons (Fsp3) is 0.286. The highest BCUT2D eigenvalue weighted by atomic mass is 19.1. The molecule has 0 saturated heterocycles. The Morgan fingerprint density at radius 3 is 2.70 bits per heavy atom. The number of anilines is 1. The van der Waals surface area contributed by atoms with E-state index in [1.165, 1.54) is 0 Å². The van der Waals surface area contributed by atoms with Crippen molar-refractivity contribution in [2.75, 3.05) is 12.3 Å². The quantitative estimate of drug-likeness (QED) is 0.877. The van der Waals surface area contributed by atoms with Crippen molar-refractivity contribution in [3.8, 4) is 6.01 Å². The minimum absolute atomic E-state index is 0.0547.